The molecule has 0 radical (unpaired) electrons. The van der Waals surface area contributed by atoms with Crippen molar-refractivity contribution in [1.29, 1.82) is 0 Å². The van der Waals surface area contributed by atoms with Crippen LogP contribution in [0.4, 0.5) is 4.79 Å². The topological polar surface area (TPSA) is 134 Å². The lowest BCUT2D eigenvalue weighted by Crippen LogP contribution is -2.53. The van der Waals surface area contributed by atoms with E-state index in [1.807, 2.05) is 6.26 Å². The zero-order chi connectivity index (χ0) is 31.7. The summed E-state index contributed by atoms with van der Waals surface area (Å²) in [7, 11) is 0. The Bertz CT molecular complexity index is 1010. The van der Waals surface area contributed by atoms with Gasteiger partial charge in [-0.1, -0.05) is 50.8 Å². The molecule has 238 valence electrons. The average molecular weight is 610 g/mol. The van der Waals surface area contributed by atoms with E-state index in [1.165, 1.54) is 16.7 Å². The van der Waals surface area contributed by atoms with E-state index < -0.39 is 41.6 Å². The number of hydrogen-bond donors (Lipinski definition) is 3. The van der Waals surface area contributed by atoms with Gasteiger partial charge < -0.3 is 30.1 Å². The molecular weight excluding hydrogens is 558 g/mol. The van der Waals surface area contributed by atoms with E-state index in [0.717, 1.165) is 25.7 Å². The first-order valence-corrected chi connectivity index (χ1v) is 16.3. The molecule has 0 aliphatic heterocycles. The van der Waals surface area contributed by atoms with Crippen molar-refractivity contribution in [3.63, 3.8) is 0 Å². The van der Waals surface area contributed by atoms with Gasteiger partial charge in [0.25, 0.3) is 0 Å². The molecule has 0 aromatic heterocycles. The Kier molecular flexibility index (Phi) is 17.0. The lowest BCUT2D eigenvalue weighted by Gasteiger charge is -2.35. The van der Waals surface area contributed by atoms with Crippen LogP contribution in [0.25, 0.3) is 0 Å². The van der Waals surface area contributed by atoms with E-state index in [9.17, 15) is 24.3 Å². The Labute approximate surface area is 255 Å². The van der Waals surface area contributed by atoms with E-state index in [4.69, 9.17) is 9.47 Å². The van der Waals surface area contributed by atoms with Crippen LogP contribution in [0.3, 0.4) is 0 Å². The van der Waals surface area contributed by atoms with Crippen LogP contribution >= 0.6 is 11.8 Å². The first-order valence-electron chi connectivity index (χ1n) is 14.9. The lowest BCUT2D eigenvalue weighted by molar-refractivity contribution is -0.144. The van der Waals surface area contributed by atoms with Crippen molar-refractivity contribution in [2.75, 3.05) is 31.7 Å². The number of para-hydroxylation sites is 1. The zero-order valence-electron chi connectivity index (χ0n) is 26.4. The Balaban J connectivity index is 3.50. The van der Waals surface area contributed by atoms with Gasteiger partial charge in [-0.25, -0.2) is 4.79 Å². The number of phenolic OH excluding ortho intramolecular Hbond substituents is 1. The predicted molar refractivity (Wildman–Crippen MR) is 166 cm³/mol. The van der Waals surface area contributed by atoms with Crippen LogP contribution in [0, 0.1) is 6.92 Å². The molecule has 0 heterocycles. The van der Waals surface area contributed by atoms with Crippen molar-refractivity contribution in [3.05, 3.63) is 29.3 Å². The van der Waals surface area contributed by atoms with E-state index in [-0.39, 0.29) is 37.4 Å². The highest BCUT2D eigenvalue weighted by molar-refractivity contribution is 7.98. The number of alkyl carbamates (subject to hydrolysis) is 1. The first-order chi connectivity index (χ1) is 19.9. The molecule has 0 spiro atoms. The summed E-state index contributed by atoms with van der Waals surface area (Å²) in [4.78, 5) is 54.1. The number of esters is 1. The van der Waals surface area contributed by atoms with Crippen LogP contribution < -0.4 is 10.6 Å². The van der Waals surface area contributed by atoms with Gasteiger partial charge in [-0.05, 0) is 65.0 Å². The number of thioether (sulfide) groups is 1. The standard InChI is InChI=1S/C31H51N3O7S/c1-8-10-11-12-13-20-34(29(38)24(18-21-42-7)33-30(39)41-31(4,5)6)26(23-16-14-15-22(3)27(23)36)28(37)32-19-17-25(35)40-9-2/h14-16,24,26,36H,8-13,17-21H2,1-7H3,(H,32,37)(H,33,39). The molecule has 3 amide bonds. The molecule has 3 N–H and O–H groups in total. The Hall–Kier alpha value is -2.95. The molecule has 1 aromatic rings. The minimum absolute atomic E-state index is 0.00529. The van der Waals surface area contributed by atoms with Gasteiger partial charge in [-0.15, -0.1) is 0 Å². The summed E-state index contributed by atoms with van der Waals surface area (Å²) in [5.41, 5.74) is 0.0645. The largest absolute Gasteiger partial charge is 0.507 e. The number of carbonyl (C=O) groups is 4. The number of phenols is 1. The van der Waals surface area contributed by atoms with Crippen molar-refractivity contribution in [2.24, 2.45) is 0 Å². The van der Waals surface area contributed by atoms with Gasteiger partial charge in [0.1, 0.15) is 23.4 Å². The van der Waals surface area contributed by atoms with E-state index >= 15 is 0 Å². The number of carbonyl (C=O) groups excluding carboxylic acids is 4. The molecule has 1 aromatic carbocycles. The van der Waals surface area contributed by atoms with Gasteiger partial charge >= 0.3 is 12.1 Å². The van der Waals surface area contributed by atoms with Gasteiger partial charge in [0, 0.05) is 18.7 Å². The maximum Gasteiger partial charge on any atom is 0.408 e. The van der Waals surface area contributed by atoms with Crippen LogP contribution in [-0.2, 0) is 23.9 Å². The Morgan fingerprint density at radius 2 is 1.76 bits per heavy atom. The second-order valence-electron chi connectivity index (χ2n) is 11.2. The molecule has 11 heteroatoms. The van der Waals surface area contributed by atoms with Crippen LogP contribution in [-0.4, -0.2) is 77.2 Å². The van der Waals surface area contributed by atoms with Gasteiger partial charge in [0.2, 0.25) is 11.8 Å². The highest BCUT2D eigenvalue weighted by atomic mass is 32.2. The van der Waals surface area contributed by atoms with Crippen molar-refractivity contribution in [1.82, 2.24) is 15.5 Å². The van der Waals surface area contributed by atoms with Crippen LogP contribution in [0.15, 0.2) is 18.2 Å². The van der Waals surface area contributed by atoms with Crippen molar-refractivity contribution >= 4 is 35.6 Å². The van der Waals surface area contributed by atoms with E-state index in [0.29, 0.717) is 24.2 Å². The smallest absolute Gasteiger partial charge is 0.408 e. The summed E-state index contributed by atoms with van der Waals surface area (Å²) in [6.07, 6.45) is 6.05. The quantitative estimate of drug-likeness (QED) is 0.152. The second-order valence-corrected chi connectivity index (χ2v) is 12.2. The third-order valence-corrected chi connectivity index (χ3v) is 7.09. The number of ether oxygens (including phenoxy) is 2. The molecule has 0 aliphatic rings. The molecule has 0 saturated carbocycles. The zero-order valence-corrected chi connectivity index (χ0v) is 27.2. The normalized spacial score (nSPS) is 12.6. The van der Waals surface area contributed by atoms with Crippen LogP contribution in [0.2, 0.25) is 0 Å². The fourth-order valence-corrected chi connectivity index (χ4v) is 4.84. The Morgan fingerprint density at radius 3 is 2.38 bits per heavy atom. The van der Waals surface area contributed by atoms with E-state index in [1.54, 1.807) is 52.8 Å². The molecule has 1 rings (SSSR count). The number of nitrogens with zero attached hydrogens (tertiary/aromatic N) is 1. The minimum Gasteiger partial charge on any atom is -0.507 e. The second kappa shape index (κ2) is 19.3. The van der Waals surface area contributed by atoms with Crippen molar-refractivity contribution in [3.8, 4) is 5.75 Å². The van der Waals surface area contributed by atoms with Gasteiger partial charge in [0.15, 0.2) is 0 Å². The summed E-state index contributed by atoms with van der Waals surface area (Å²) in [5.74, 6) is -0.939. The van der Waals surface area contributed by atoms with Gasteiger partial charge in [-0.2, -0.15) is 11.8 Å². The number of nitrogens with one attached hydrogen (secondary N) is 2. The molecule has 0 aliphatic carbocycles. The first kappa shape index (κ1) is 37.1. The number of aromatic hydroxyl groups is 1. The van der Waals surface area contributed by atoms with E-state index in [2.05, 4.69) is 17.6 Å². The van der Waals surface area contributed by atoms with Crippen molar-refractivity contribution in [2.45, 2.75) is 104 Å². The summed E-state index contributed by atoms with van der Waals surface area (Å²) in [6.45, 7) is 11.2. The number of unbranched alkanes of at least 4 members (excludes halogenated alkanes) is 4. The summed E-state index contributed by atoms with van der Waals surface area (Å²) in [6, 6.07) is 2.91. The summed E-state index contributed by atoms with van der Waals surface area (Å²) >= 11 is 1.53. The maximum atomic E-state index is 14.3. The monoisotopic (exact) mass is 609 g/mol. The third-order valence-electron chi connectivity index (χ3n) is 6.44. The molecular formula is C31H51N3O7S. The minimum atomic E-state index is -1.19. The predicted octanol–water partition coefficient (Wildman–Crippen LogP) is 5.26. The SMILES string of the molecule is CCCCCCCN(C(=O)C(CCSC)NC(=O)OC(C)(C)C)C(C(=O)NCCC(=O)OCC)c1cccc(C)c1O. The number of rotatable bonds is 18. The van der Waals surface area contributed by atoms with Crippen LogP contribution in [0.1, 0.15) is 96.7 Å². The fraction of sp³-hybridized carbons (Fsp3) is 0.677. The summed E-state index contributed by atoms with van der Waals surface area (Å²) in [5, 5.41) is 16.5. The lowest BCUT2D eigenvalue weighted by atomic mass is 9.98. The Morgan fingerprint density at radius 1 is 1.07 bits per heavy atom. The number of aryl methyl sites for hydroxylation is 1. The number of amides is 3. The molecule has 42 heavy (non-hydrogen) atoms. The van der Waals surface area contributed by atoms with Gasteiger partial charge in [0.05, 0.1) is 13.0 Å². The number of hydrogen-bond acceptors (Lipinski definition) is 8. The molecule has 2 unspecified atom stereocenters. The molecule has 0 fully saturated rings. The molecule has 2 atom stereocenters. The molecule has 0 saturated heterocycles. The van der Waals surface area contributed by atoms with Gasteiger partial charge in [-0.3, -0.25) is 14.4 Å². The van der Waals surface area contributed by atoms with Crippen molar-refractivity contribution < 1.29 is 33.8 Å². The molecule has 0 bridgehead atoms. The molecule has 10 nitrogen and oxygen atoms in total. The number of benzene rings is 1. The average Bonchev–Trinajstić information content (AvgIpc) is 2.91. The maximum absolute atomic E-state index is 14.3. The fourth-order valence-electron chi connectivity index (χ4n) is 4.37. The summed E-state index contributed by atoms with van der Waals surface area (Å²) < 4.78 is 10.4. The highest BCUT2D eigenvalue weighted by Crippen LogP contribution is 2.33. The highest BCUT2D eigenvalue weighted by Gasteiger charge is 2.37. The van der Waals surface area contributed by atoms with Crippen LogP contribution in [0.5, 0.6) is 5.75 Å². The third kappa shape index (κ3) is 13.4.